The number of nitrogens with zero attached hydrogens (tertiary/aromatic N) is 1. The van der Waals surface area contributed by atoms with Crippen LogP contribution < -0.4 is 20.7 Å². The molecule has 10 heteroatoms. The molecule has 2 rings (SSSR count). The van der Waals surface area contributed by atoms with E-state index in [-0.39, 0.29) is 0 Å². The number of nitrogens with one attached hydrogen (secondary N) is 3. The van der Waals surface area contributed by atoms with Crippen LogP contribution in [0.5, 0.6) is 5.75 Å². The highest BCUT2D eigenvalue weighted by atomic mass is 35.5. The number of carbonyl (C=O) groups excluding carboxylic acids is 1. The minimum Gasteiger partial charge on any atom is -0.491 e. The van der Waals surface area contributed by atoms with Crippen molar-refractivity contribution in [1.29, 1.82) is 0 Å². The number of rotatable bonds is 11. The van der Waals surface area contributed by atoms with Crippen molar-refractivity contribution in [3.8, 4) is 5.75 Å². The second kappa shape index (κ2) is 14.1. The van der Waals surface area contributed by atoms with Crippen molar-refractivity contribution in [2.75, 3.05) is 23.8 Å². The normalized spacial score (nSPS) is 10.3. The van der Waals surface area contributed by atoms with Crippen molar-refractivity contribution in [2.45, 2.75) is 32.1 Å². The average molecular weight is 499 g/mol. The van der Waals surface area contributed by atoms with Crippen molar-refractivity contribution >= 4 is 70.4 Å². The first-order valence-electron chi connectivity index (χ1n) is 9.85. The number of hydrogen-bond donors (Lipinski definition) is 3. The first-order valence-corrected chi connectivity index (χ1v) is 11.4. The molecule has 0 fully saturated rings. The zero-order valence-electron chi connectivity index (χ0n) is 16.8. The predicted molar refractivity (Wildman–Crippen MR) is 135 cm³/mol. The monoisotopic (exact) mass is 498 g/mol. The van der Waals surface area contributed by atoms with Gasteiger partial charge in [0.15, 0.2) is 5.11 Å². The maximum Gasteiger partial charge on any atom is 0.356 e. The summed E-state index contributed by atoms with van der Waals surface area (Å²) in [5.41, 5.74) is 1.33. The number of anilines is 2. The van der Waals surface area contributed by atoms with Crippen LogP contribution in [0.15, 0.2) is 46.8 Å². The molecule has 2 aromatic rings. The van der Waals surface area contributed by atoms with Crippen LogP contribution in [0.2, 0.25) is 10.0 Å². The summed E-state index contributed by atoms with van der Waals surface area (Å²) in [5.74, 6) is 0.612. The highest BCUT2D eigenvalue weighted by molar-refractivity contribution is 7.80. The van der Waals surface area contributed by atoms with Crippen LogP contribution in [-0.2, 0) is 12.4 Å². The standard InChI is InChI=1S/C21H24Cl2N4O2S2/c22-15-12-16(23)14-17(13-15)25-21(30)24-10-6-2-1-3-7-11-29-19-9-5-4-8-18(19)26-20(28)27-31/h4-5,8-9,12-14H,1-3,6-7,10-11H2,(H,26,28)(H2,24,25,30). The van der Waals surface area contributed by atoms with Crippen LogP contribution in [0.25, 0.3) is 0 Å². The van der Waals surface area contributed by atoms with Gasteiger partial charge in [-0.1, -0.05) is 54.6 Å². The van der Waals surface area contributed by atoms with Crippen LogP contribution in [0.1, 0.15) is 32.1 Å². The van der Waals surface area contributed by atoms with E-state index in [4.69, 9.17) is 40.2 Å². The molecule has 0 spiro atoms. The van der Waals surface area contributed by atoms with Gasteiger partial charge >= 0.3 is 6.03 Å². The van der Waals surface area contributed by atoms with Crippen LogP contribution in [-0.4, -0.2) is 24.3 Å². The summed E-state index contributed by atoms with van der Waals surface area (Å²) >= 11 is 21.6. The van der Waals surface area contributed by atoms with Crippen molar-refractivity contribution in [2.24, 2.45) is 4.36 Å². The molecule has 2 amide bonds. The van der Waals surface area contributed by atoms with Gasteiger partial charge in [-0.05, 0) is 55.4 Å². The Kier molecular flexibility index (Phi) is 11.5. The highest BCUT2D eigenvalue weighted by Gasteiger charge is 2.06. The summed E-state index contributed by atoms with van der Waals surface area (Å²) in [6.07, 6.45) is 5.18. The van der Waals surface area contributed by atoms with Gasteiger partial charge in [0.2, 0.25) is 0 Å². The van der Waals surface area contributed by atoms with Gasteiger partial charge in [0.25, 0.3) is 0 Å². The number of benzene rings is 2. The van der Waals surface area contributed by atoms with E-state index in [1.807, 2.05) is 12.1 Å². The van der Waals surface area contributed by atoms with Gasteiger partial charge in [-0.15, -0.1) is 4.36 Å². The molecule has 0 aliphatic carbocycles. The summed E-state index contributed by atoms with van der Waals surface area (Å²) in [6.45, 7) is 1.37. The molecular weight excluding hydrogens is 475 g/mol. The van der Waals surface area contributed by atoms with Crippen molar-refractivity contribution < 1.29 is 9.53 Å². The van der Waals surface area contributed by atoms with Crippen molar-refractivity contribution in [3.05, 3.63) is 52.5 Å². The fourth-order valence-corrected chi connectivity index (χ4v) is 3.57. The average Bonchev–Trinajstić information content (AvgIpc) is 2.72. The summed E-state index contributed by atoms with van der Waals surface area (Å²) < 4.78 is 8.93. The molecule has 0 atom stereocenters. The molecule has 0 radical (unpaired) electrons. The molecule has 2 aromatic carbocycles. The van der Waals surface area contributed by atoms with Crippen LogP contribution >= 0.6 is 35.4 Å². The fourth-order valence-electron chi connectivity index (χ4n) is 2.78. The lowest BCUT2D eigenvalue weighted by atomic mass is 10.1. The van der Waals surface area contributed by atoms with Crippen LogP contribution in [0.4, 0.5) is 16.2 Å². The highest BCUT2D eigenvalue weighted by Crippen LogP contribution is 2.24. The van der Waals surface area contributed by atoms with E-state index in [1.165, 1.54) is 0 Å². The lowest BCUT2D eigenvalue weighted by Crippen LogP contribution is -2.29. The number of thiocarbonyl (C=S) groups is 1. The molecule has 0 aromatic heterocycles. The third-order valence-electron chi connectivity index (χ3n) is 4.20. The van der Waals surface area contributed by atoms with Crippen molar-refractivity contribution in [3.63, 3.8) is 0 Å². The molecule has 6 nitrogen and oxygen atoms in total. The van der Waals surface area contributed by atoms with Gasteiger partial charge in [-0.2, -0.15) is 0 Å². The Balaban J connectivity index is 1.54. The lowest BCUT2D eigenvalue weighted by Gasteiger charge is -2.12. The minimum atomic E-state index is -0.578. The number of unbranched alkanes of at least 4 members (excludes halogenated alkanes) is 4. The molecule has 0 unspecified atom stereocenters. The number of para-hydroxylation sites is 2. The van der Waals surface area contributed by atoms with Gasteiger partial charge in [0.05, 0.1) is 12.3 Å². The van der Waals surface area contributed by atoms with Crippen molar-refractivity contribution in [1.82, 2.24) is 5.32 Å². The van der Waals surface area contributed by atoms with Crippen LogP contribution in [0.3, 0.4) is 0 Å². The summed E-state index contributed by atoms with van der Waals surface area (Å²) in [7, 11) is 0. The largest absolute Gasteiger partial charge is 0.491 e. The molecule has 3 N–H and O–H groups in total. The molecule has 0 aliphatic rings. The third kappa shape index (κ3) is 10.2. The van der Waals surface area contributed by atoms with E-state index in [2.05, 4.69) is 32.7 Å². The van der Waals surface area contributed by atoms with E-state index in [1.54, 1.807) is 30.3 Å². The van der Waals surface area contributed by atoms with E-state index < -0.39 is 6.03 Å². The summed E-state index contributed by atoms with van der Waals surface area (Å²) in [6, 6.07) is 11.8. The minimum absolute atomic E-state index is 0.543. The number of ether oxygens (including phenoxy) is 1. The zero-order chi connectivity index (χ0) is 22.5. The van der Waals surface area contributed by atoms with E-state index in [0.717, 1.165) is 44.3 Å². The number of halogens is 2. The third-order valence-corrected chi connectivity index (χ3v) is 5.04. The van der Waals surface area contributed by atoms with E-state index in [0.29, 0.717) is 33.2 Å². The summed E-state index contributed by atoms with van der Waals surface area (Å²) in [4.78, 5) is 11.3. The Morgan fingerprint density at radius 2 is 1.65 bits per heavy atom. The second-order valence-electron chi connectivity index (χ2n) is 6.67. The van der Waals surface area contributed by atoms with E-state index in [9.17, 15) is 4.79 Å². The Morgan fingerprint density at radius 1 is 0.968 bits per heavy atom. The smallest absolute Gasteiger partial charge is 0.356 e. The maximum atomic E-state index is 11.3. The predicted octanol–water partition coefficient (Wildman–Crippen LogP) is 6.57. The molecule has 0 saturated carbocycles. The Labute approximate surface area is 203 Å². The zero-order valence-corrected chi connectivity index (χ0v) is 20.0. The van der Waals surface area contributed by atoms with Gasteiger partial charge in [0.1, 0.15) is 5.75 Å². The Bertz CT molecular complexity index is 879. The van der Waals surface area contributed by atoms with Gasteiger partial charge < -0.3 is 20.7 Å². The SMILES string of the molecule is O=C(N=S)Nc1ccccc1OCCCCCCCNC(=S)Nc1cc(Cl)cc(Cl)c1. The Morgan fingerprint density at radius 3 is 2.39 bits per heavy atom. The van der Waals surface area contributed by atoms with Crippen LogP contribution in [0, 0.1) is 0 Å². The number of hydrogen-bond acceptors (Lipinski definition) is 4. The van der Waals surface area contributed by atoms with E-state index >= 15 is 0 Å². The van der Waals surface area contributed by atoms with Gasteiger partial charge in [0, 0.05) is 34.7 Å². The first kappa shape index (κ1) is 25.3. The second-order valence-corrected chi connectivity index (χ2v) is 8.14. The fraction of sp³-hybridized carbons (Fsp3) is 0.333. The van der Waals surface area contributed by atoms with Gasteiger partial charge in [-0.25, -0.2) is 4.79 Å². The quantitative estimate of drug-likeness (QED) is 0.240. The molecule has 0 heterocycles. The molecule has 31 heavy (non-hydrogen) atoms. The number of urea groups is 1. The Hall–Kier alpha value is -2.00. The maximum absolute atomic E-state index is 11.3. The molecule has 0 bridgehead atoms. The molecule has 0 aliphatic heterocycles. The van der Waals surface area contributed by atoms with Gasteiger partial charge in [-0.3, -0.25) is 0 Å². The summed E-state index contributed by atoms with van der Waals surface area (Å²) in [5, 5.41) is 10.5. The molecular formula is C21H24Cl2N4O2S2. The molecule has 0 saturated heterocycles. The molecule has 166 valence electrons. The number of carbonyl (C=O) groups is 1. The topological polar surface area (TPSA) is 74.8 Å². The first-order chi connectivity index (χ1) is 15.0. The number of amides is 2. The lowest BCUT2D eigenvalue weighted by molar-refractivity contribution is 0.259.